The van der Waals surface area contributed by atoms with Crippen LogP contribution in [0, 0.1) is 17.2 Å². The number of hydrogen-bond donors (Lipinski definition) is 1. The number of carbonyl (C=O) groups excluding carboxylic acids is 2. The van der Waals surface area contributed by atoms with Crippen LogP contribution in [0.2, 0.25) is 15.1 Å². The topological polar surface area (TPSA) is 91.5 Å². The first-order chi connectivity index (χ1) is 11.4. The van der Waals surface area contributed by atoms with Crippen molar-refractivity contribution in [3.8, 4) is 6.07 Å². The molecule has 0 bridgehead atoms. The lowest BCUT2D eigenvalue weighted by atomic mass is 10.1. The Morgan fingerprint density at radius 3 is 2.58 bits per heavy atom. The van der Waals surface area contributed by atoms with Crippen molar-refractivity contribution in [3.63, 3.8) is 0 Å². The van der Waals surface area contributed by atoms with Crippen LogP contribution in [-0.2, 0) is 9.53 Å². The molecule has 0 radical (unpaired) electrons. The molecule has 0 fully saturated rings. The standard InChI is InChI=1S/C15H14Cl3N3O3/c1-3-20-14(22)11-12(17)9(16)5-10(13(11)18)21-7-8(6-19)15(23)24-4-2/h5,7-8H,3-4H2,1-2H3,(H,20,22). The number of ether oxygens (including phenoxy) is 1. The molecule has 0 aromatic heterocycles. The second-order valence-electron chi connectivity index (χ2n) is 4.38. The van der Waals surface area contributed by atoms with Gasteiger partial charge in [0.15, 0.2) is 5.92 Å². The van der Waals surface area contributed by atoms with Crippen LogP contribution < -0.4 is 5.32 Å². The van der Waals surface area contributed by atoms with Gasteiger partial charge in [-0.2, -0.15) is 5.26 Å². The number of benzene rings is 1. The Morgan fingerprint density at radius 1 is 1.38 bits per heavy atom. The molecule has 0 aliphatic heterocycles. The molecular weight excluding hydrogens is 377 g/mol. The Kier molecular flexibility index (Phi) is 7.99. The van der Waals surface area contributed by atoms with E-state index in [9.17, 15) is 9.59 Å². The van der Waals surface area contributed by atoms with Crippen LogP contribution in [0.5, 0.6) is 0 Å². The van der Waals surface area contributed by atoms with E-state index in [0.29, 0.717) is 6.54 Å². The smallest absolute Gasteiger partial charge is 0.328 e. The highest BCUT2D eigenvalue weighted by Gasteiger charge is 2.21. The maximum absolute atomic E-state index is 12.1. The normalized spacial score (nSPS) is 11.8. The van der Waals surface area contributed by atoms with Gasteiger partial charge in [0.2, 0.25) is 0 Å². The van der Waals surface area contributed by atoms with Gasteiger partial charge in [0, 0.05) is 12.8 Å². The number of aliphatic imine (C=N–C) groups is 1. The summed E-state index contributed by atoms with van der Waals surface area (Å²) < 4.78 is 4.75. The predicted octanol–water partition coefficient (Wildman–Crippen LogP) is 3.80. The van der Waals surface area contributed by atoms with E-state index in [1.54, 1.807) is 19.9 Å². The lowest BCUT2D eigenvalue weighted by molar-refractivity contribution is -0.143. The van der Waals surface area contributed by atoms with Crippen LogP contribution >= 0.6 is 34.8 Å². The summed E-state index contributed by atoms with van der Waals surface area (Å²) in [5.74, 6) is -2.44. The number of rotatable bonds is 6. The molecule has 1 N–H and O–H groups in total. The van der Waals surface area contributed by atoms with Gasteiger partial charge in [0.1, 0.15) is 0 Å². The van der Waals surface area contributed by atoms with Crippen molar-refractivity contribution in [1.82, 2.24) is 5.32 Å². The van der Waals surface area contributed by atoms with Crippen LogP contribution in [0.3, 0.4) is 0 Å². The van der Waals surface area contributed by atoms with E-state index >= 15 is 0 Å². The molecule has 1 aromatic rings. The van der Waals surface area contributed by atoms with Gasteiger partial charge in [0.25, 0.3) is 5.91 Å². The summed E-state index contributed by atoms with van der Waals surface area (Å²) >= 11 is 18.2. The molecule has 1 aromatic carbocycles. The van der Waals surface area contributed by atoms with Gasteiger partial charge < -0.3 is 10.1 Å². The first-order valence-corrected chi connectivity index (χ1v) is 8.06. The molecule has 0 heterocycles. The summed E-state index contributed by atoms with van der Waals surface area (Å²) in [5, 5.41) is 11.6. The van der Waals surface area contributed by atoms with E-state index < -0.39 is 17.8 Å². The van der Waals surface area contributed by atoms with Crippen molar-refractivity contribution < 1.29 is 14.3 Å². The van der Waals surface area contributed by atoms with Crippen molar-refractivity contribution in [2.75, 3.05) is 13.2 Å². The first kappa shape index (κ1) is 20.2. The van der Waals surface area contributed by atoms with Crippen LogP contribution in [0.4, 0.5) is 5.69 Å². The van der Waals surface area contributed by atoms with E-state index in [-0.39, 0.29) is 32.9 Å². The van der Waals surface area contributed by atoms with E-state index in [4.69, 9.17) is 44.8 Å². The average Bonchev–Trinajstić information content (AvgIpc) is 2.53. The van der Waals surface area contributed by atoms with Crippen LogP contribution in [0.1, 0.15) is 24.2 Å². The average molecular weight is 391 g/mol. The number of esters is 1. The Hall–Kier alpha value is -1.81. The lowest BCUT2D eigenvalue weighted by Crippen LogP contribution is -2.23. The lowest BCUT2D eigenvalue weighted by Gasteiger charge is -2.11. The van der Waals surface area contributed by atoms with Gasteiger partial charge in [-0.1, -0.05) is 34.8 Å². The minimum atomic E-state index is -1.21. The third-order valence-electron chi connectivity index (χ3n) is 2.74. The highest BCUT2D eigenvalue weighted by atomic mass is 35.5. The molecule has 9 heteroatoms. The van der Waals surface area contributed by atoms with Crippen molar-refractivity contribution in [1.29, 1.82) is 5.26 Å². The summed E-state index contributed by atoms with van der Waals surface area (Å²) in [7, 11) is 0. The first-order valence-electron chi connectivity index (χ1n) is 6.93. The van der Waals surface area contributed by atoms with E-state index in [0.717, 1.165) is 6.21 Å². The highest BCUT2D eigenvalue weighted by molar-refractivity contribution is 6.47. The molecule has 1 rings (SSSR count). The summed E-state index contributed by atoms with van der Waals surface area (Å²) in [6.45, 7) is 3.87. The third kappa shape index (κ3) is 4.84. The minimum Gasteiger partial charge on any atom is -0.465 e. The SMILES string of the molecule is CCNC(=O)c1c(Cl)c(Cl)cc(N=CC(C#N)C(=O)OCC)c1Cl. The molecule has 128 valence electrons. The molecule has 0 aliphatic rings. The van der Waals surface area contributed by atoms with E-state index in [1.807, 2.05) is 0 Å². The Labute approximate surface area is 154 Å². The van der Waals surface area contributed by atoms with Gasteiger partial charge in [-0.15, -0.1) is 0 Å². The number of hydrogen-bond acceptors (Lipinski definition) is 5. The van der Waals surface area contributed by atoms with E-state index in [2.05, 4.69) is 10.3 Å². The fraction of sp³-hybridized carbons (Fsp3) is 0.333. The van der Waals surface area contributed by atoms with Crippen LogP contribution in [0.15, 0.2) is 11.1 Å². The van der Waals surface area contributed by atoms with Gasteiger partial charge in [-0.05, 0) is 19.9 Å². The summed E-state index contributed by atoms with van der Waals surface area (Å²) in [6.07, 6.45) is 1.07. The maximum Gasteiger partial charge on any atom is 0.328 e. The molecule has 24 heavy (non-hydrogen) atoms. The highest BCUT2D eigenvalue weighted by Crippen LogP contribution is 2.38. The second-order valence-corrected chi connectivity index (χ2v) is 5.54. The predicted molar refractivity (Wildman–Crippen MR) is 93.4 cm³/mol. The van der Waals surface area contributed by atoms with Gasteiger partial charge in [0.05, 0.1) is 39.0 Å². The van der Waals surface area contributed by atoms with Crippen molar-refractivity contribution in [3.05, 3.63) is 26.7 Å². The number of amides is 1. The van der Waals surface area contributed by atoms with E-state index in [1.165, 1.54) is 6.07 Å². The number of nitrogens with one attached hydrogen (secondary N) is 1. The monoisotopic (exact) mass is 389 g/mol. The Morgan fingerprint density at radius 2 is 2.04 bits per heavy atom. The molecule has 1 amide bonds. The molecule has 0 saturated carbocycles. The zero-order chi connectivity index (χ0) is 18.3. The summed E-state index contributed by atoms with van der Waals surface area (Å²) in [4.78, 5) is 27.6. The zero-order valence-electron chi connectivity index (χ0n) is 12.9. The van der Waals surface area contributed by atoms with Crippen molar-refractivity contribution in [2.24, 2.45) is 10.9 Å². The largest absolute Gasteiger partial charge is 0.465 e. The van der Waals surface area contributed by atoms with Gasteiger partial charge in [-0.25, -0.2) is 0 Å². The number of nitrogens with zero attached hydrogens (tertiary/aromatic N) is 2. The molecule has 0 aliphatic carbocycles. The summed E-state index contributed by atoms with van der Waals surface area (Å²) in [5.41, 5.74) is 0.0846. The zero-order valence-corrected chi connectivity index (χ0v) is 15.2. The fourth-order valence-corrected chi connectivity index (χ4v) is 2.43. The molecule has 1 unspecified atom stereocenters. The maximum atomic E-state index is 12.1. The quantitative estimate of drug-likeness (QED) is 0.454. The summed E-state index contributed by atoms with van der Waals surface area (Å²) in [6, 6.07) is 3.09. The van der Waals surface area contributed by atoms with Gasteiger partial charge >= 0.3 is 5.97 Å². The Bertz CT molecular complexity index is 714. The van der Waals surface area contributed by atoms with Crippen molar-refractivity contribution in [2.45, 2.75) is 13.8 Å². The number of nitriles is 1. The minimum absolute atomic E-state index is 0.00575. The Balaban J connectivity index is 3.26. The molecule has 6 nitrogen and oxygen atoms in total. The van der Waals surface area contributed by atoms with Crippen LogP contribution in [-0.4, -0.2) is 31.2 Å². The molecule has 1 atom stereocenters. The van der Waals surface area contributed by atoms with Crippen molar-refractivity contribution >= 4 is 58.6 Å². The third-order valence-corrected chi connectivity index (χ3v) is 3.91. The fourth-order valence-electron chi connectivity index (χ4n) is 1.67. The van der Waals surface area contributed by atoms with Gasteiger partial charge in [-0.3, -0.25) is 14.6 Å². The second kappa shape index (κ2) is 9.48. The molecular formula is C15H14Cl3N3O3. The molecule has 0 spiro atoms. The molecule has 0 saturated heterocycles. The van der Waals surface area contributed by atoms with Crippen LogP contribution in [0.25, 0.3) is 0 Å². The number of halogens is 3. The number of carbonyl (C=O) groups is 2.